The van der Waals surface area contributed by atoms with Crippen molar-refractivity contribution >= 4 is 29.0 Å². The Morgan fingerprint density at radius 3 is 2.81 bits per heavy atom. The molecule has 0 heterocycles. The molecule has 0 saturated heterocycles. The van der Waals surface area contributed by atoms with Gasteiger partial charge < -0.3 is 20.0 Å². The minimum atomic E-state index is -1.27. The van der Waals surface area contributed by atoms with Gasteiger partial charge in [-0.3, -0.25) is 5.43 Å². The number of aliphatic carboxylic acids is 1. The SMILES string of the molecule is C/C(=N/NC(=S)NC(C)C)c1cccc(OCC(=O)[O-])c1. The summed E-state index contributed by atoms with van der Waals surface area (Å²) in [5.41, 5.74) is 4.24. The maximum Gasteiger partial charge on any atom is 0.187 e. The van der Waals surface area contributed by atoms with Gasteiger partial charge >= 0.3 is 0 Å². The number of benzene rings is 1. The van der Waals surface area contributed by atoms with Crippen LogP contribution in [0.2, 0.25) is 0 Å². The van der Waals surface area contributed by atoms with Gasteiger partial charge in [0.25, 0.3) is 0 Å². The van der Waals surface area contributed by atoms with Crippen molar-refractivity contribution in [1.29, 1.82) is 0 Å². The zero-order chi connectivity index (χ0) is 15.8. The van der Waals surface area contributed by atoms with Crippen LogP contribution in [0.5, 0.6) is 5.75 Å². The zero-order valence-corrected chi connectivity index (χ0v) is 13.0. The molecule has 1 aromatic carbocycles. The van der Waals surface area contributed by atoms with E-state index in [1.165, 1.54) is 0 Å². The van der Waals surface area contributed by atoms with E-state index in [9.17, 15) is 9.90 Å². The van der Waals surface area contributed by atoms with E-state index in [2.05, 4.69) is 15.8 Å². The Kier molecular flexibility index (Phi) is 6.61. The van der Waals surface area contributed by atoms with E-state index >= 15 is 0 Å². The summed E-state index contributed by atoms with van der Waals surface area (Å²) < 4.78 is 5.06. The number of hydrogen-bond acceptors (Lipinski definition) is 5. The second-order valence-electron chi connectivity index (χ2n) is 4.63. The van der Waals surface area contributed by atoms with Gasteiger partial charge in [0.2, 0.25) is 0 Å². The van der Waals surface area contributed by atoms with E-state index in [1.54, 1.807) is 18.2 Å². The van der Waals surface area contributed by atoms with Gasteiger partial charge in [0, 0.05) is 11.6 Å². The highest BCUT2D eigenvalue weighted by molar-refractivity contribution is 7.80. The second-order valence-corrected chi connectivity index (χ2v) is 5.03. The number of rotatable bonds is 6. The van der Waals surface area contributed by atoms with Gasteiger partial charge in [-0.25, -0.2) is 0 Å². The lowest BCUT2D eigenvalue weighted by Crippen LogP contribution is -2.37. The molecule has 0 radical (unpaired) electrons. The number of carbonyl (C=O) groups excluding carboxylic acids is 1. The van der Waals surface area contributed by atoms with Crippen molar-refractivity contribution in [3.63, 3.8) is 0 Å². The molecule has 0 aliphatic rings. The molecule has 0 atom stereocenters. The van der Waals surface area contributed by atoms with Gasteiger partial charge in [-0.2, -0.15) is 5.10 Å². The lowest BCUT2D eigenvalue weighted by molar-refractivity contribution is -0.307. The van der Waals surface area contributed by atoms with Crippen LogP contribution in [0.15, 0.2) is 29.4 Å². The summed E-state index contributed by atoms with van der Waals surface area (Å²) in [6.07, 6.45) is 0. The number of carbonyl (C=O) groups is 1. The summed E-state index contributed by atoms with van der Waals surface area (Å²) >= 11 is 5.07. The summed E-state index contributed by atoms with van der Waals surface area (Å²) in [6.45, 7) is 5.27. The van der Waals surface area contributed by atoms with E-state index in [0.29, 0.717) is 16.6 Å². The molecule has 0 bridgehead atoms. The molecule has 0 saturated carbocycles. The molecule has 6 nitrogen and oxygen atoms in total. The normalized spacial score (nSPS) is 11.1. The van der Waals surface area contributed by atoms with Crippen LogP contribution in [0.25, 0.3) is 0 Å². The standard InChI is InChI=1S/C14H19N3O3S/c1-9(2)15-14(21)17-16-10(3)11-5-4-6-12(7-11)20-8-13(18)19/h4-7,9H,8H2,1-3H3,(H,18,19)(H2,15,17,21)/p-1/b16-10-. The van der Waals surface area contributed by atoms with Crippen molar-refractivity contribution in [3.05, 3.63) is 29.8 Å². The monoisotopic (exact) mass is 308 g/mol. The van der Waals surface area contributed by atoms with E-state index in [1.807, 2.05) is 26.8 Å². The minimum Gasteiger partial charge on any atom is -0.546 e. The first-order chi connectivity index (χ1) is 9.88. The van der Waals surface area contributed by atoms with Crippen molar-refractivity contribution in [2.24, 2.45) is 5.10 Å². The summed E-state index contributed by atoms with van der Waals surface area (Å²) in [4.78, 5) is 10.4. The molecule has 0 aliphatic carbocycles. The molecule has 114 valence electrons. The zero-order valence-electron chi connectivity index (χ0n) is 12.2. The molecule has 1 rings (SSSR count). The Morgan fingerprint density at radius 1 is 1.48 bits per heavy atom. The van der Waals surface area contributed by atoms with Gasteiger partial charge in [-0.05, 0) is 45.1 Å². The van der Waals surface area contributed by atoms with E-state index in [0.717, 1.165) is 5.56 Å². The Labute approximate surface area is 129 Å². The summed E-state index contributed by atoms with van der Waals surface area (Å²) in [5, 5.41) is 18.0. The molecule has 21 heavy (non-hydrogen) atoms. The number of nitrogens with one attached hydrogen (secondary N) is 2. The lowest BCUT2D eigenvalue weighted by atomic mass is 10.1. The molecule has 0 aliphatic heterocycles. The van der Waals surface area contributed by atoms with Gasteiger partial charge in [-0.15, -0.1) is 0 Å². The van der Waals surface area contributed by atoms with Crippen LogP contribution in [0.3, 0.4) is 0 Å². The molecular weight excluding hydrogens is 290 g/mol. The van der Waals surface area contributed by atoms with Crippen LogP contribution < -0.4 is 20.6 Å². The molecule has 0 amide bonds. The third-order valence-corrected chi connectivity index (χ3v) is 2.56. The number of carboxylic acid groups (broad SMARTS) is 1. The molecule has 1 aromatic rings. The molecule has 0 unspecified atom stereocenters. The third kappa shape index (κ3) is 6.71. The van der Waals surface area contributed by atoms with E-state index < -0.39 is 12.6 Å². The molecule has 7 heteroatoms. The molecule has 2 N–H and O–H groups in total. The fraction of sp³-hybridized carbons (Fsp3) is 0.357. The van der Waals surface area contributed by atoms with Crippen LogP contribution in [0, 0.1) is 0 Å². The van der Waals surface area contributed by atoms with Crippen molar-refractivity contribution in [2.45, 2.75) is 26.8 Å². The first kappa shape index (κ1) is 16.9. The predicted molar refractivity (Wildman–Crippen MR) is 83.2 cm³/mol. The average molecular weight is 308 g/mol. The van der Waals surface area contributed by atoms with Crippen LogP contribution in [0.4, 0.5) is 0 Å². The van der Waals surface area contributed by atoms with Gasteiger partial charge in [0.05, 0.1) is 11.7 Å². The van der Waals surface area contributed by atoms with Gasteiger partial charge in [0.1, 0.15) is 12.4 Å². The van der Waals surface area contributed by atoms with Crippen LogP contribution in [-0.4, -0.2) is 29.4 Å². The highest BCUT2D eigenvalue weighted by Crippen LogP contribution is 2.13. The van der Waals surface area contributed by atoms with E-state index in [-0.39, 0.29) is 6.04 Å². The third-order valence-electron chi connectivity index (χ3n) is 2.35. The van der Waals surface area contributed by atoms with Gasteiger partial charge in [-0.1, -0.05) is 12.1 Å². The second kappa shape index (κ2) is 8.21. The first-order valence-electron chi connectivity index (χ1n) is 6.42. The Balaban J connectivity index is 2.68. The Bertz CT molecular complexity index is 544. The lowest BCUT2D eigenvalue weighted by Gasteiger charge is -2.11. The van der Waals surface area contributed by atoms with Crippen LogP contribution >= 0.6 is 12.2 Å². The first-order valence-corrected chi connectivity index (χ1v) is 6.83. The number of ether oxygens (including phenoxy) is 1. The fourth-order valence-electron chi connectivity index (χ4n) is 1.45. The smallest absolute Gasteiger partial charge is 0.187 e. The van der Waals surface area contributed by atoms with Crippen molar-refractivity contribution in [3.8, 4) is 5.75 Å². The fourth-order valence-corrected chi connectivity index (χ4v) is 1.73. The van der Waals surface area contributed by atoms with Crippen molar-refractivity contribution in [2.75, 3.05) is 6.61 Å². The van der Waals surface area contributed by atoms with Crippen molar-refractivity contribution < 1.29 is 14.6 Å². The number of carboxylic acids is 1. The number of thiocarbonyl (C=S) groups is 1. The van der Waals surface area contributed by atoms with E-state index in [4.69, 9.17) is 17.0 Å². The summed E-state index contributed by atoms with van der Waals surface area (Å²) in [5.74, 6) is -0.827. The number of nitrogens with zero attached hydrogens (tertiary/aromatic N) is 1. The highest BCUT2D eigenvalue weighted by Gasteiger charge is 2.02. The number of hydrogen-bond donors (Lipinski definition) is 2. The summed E-state index contributed by atoms with van der Waals surface area (Å²) in [7, 11) is 0. The predicted octanol–water partition coefficient (Wildman–Crippen LogP) is 0.412. The van der Waals surface area contributed by atoms with Crippen LogP contribution in [0.1, 0.15) is 26.3 Å². The molecule has 0 aromatic heterocycles. The minimum absolute atomic E-state index is 0.224. The Morgan fingerprint density at radius 2 is 2.19 bits per heavy atom. The summed E-state index contributed by atoms with van der Waals surface area (Å²) in [6, 6.07) is 7.18. The largest absolute Gasteiger partial charge is 0.546 e. The Hall–Kier alpha value is -2.15. The average Bonchev–Trinajstić information content (AvgIpc) is 2.42. The topological polar surface area (TPSA) is 85.8 Å². The quantitative estimate of drug-likeness (QED) is 0.450. The maximum absolute atomic E-state index is 10.4. The number of hydrazone groups is 1. The molecular formula is C14H18N3O3S-. The van der Waals surface area contributed by atoms with Crippen LogP contribution in [-0.2, 0) is 4.79 Å². The molecule has 0 spiro atoms. The van der Waals surface area contributed by atoms with Crippen molar-refractivity contribution in [1.82, 2.24) is 10.7 Å². The highest BCUT2D eigenvalue weighted by atomic mass is 32.1. The van der Waals surface area contributed by atoms with Gasteiger partial charge in [0.15, 0.2) is 5.11 Å². The molecule has 0 fully saturated rings. The maximum atomic E-state index is 10.4.